The van der Waals surface area contributed by atoms with Crippen LogP contribution in [-0.4, -0.2) is 42.7 Å². The van der Waals surface area contributed by atoms with Gasteiger partial charge in [-0.3, -0.25) is 4.99 Å². The van der Waals surface area contributed by atoms with Crippen LogP contribution >= 0.6 is 0 Å². The number of halogens is 3. The van der Waals surface area contributed by atoms with Gasteiger partial charge in [0.2, 0.25) is 0 Å². The molecule has 0 radical (unpaired) electrons. The summed E-state index contributed by atoms with van der Waals surface area (Å²) < 4.78 is 42.1. The predicted molar refractivity (Wildman–Crippen MR) is 54.3 cm³/mol. The van der Waals surface area contributed by atoms with Crippen molar-refractivity contribution in [2.75, 3.05) is 19.8 Å². The van der Waals surface area contributed by atoms with Gasteiger partial charge in [-0.1, -0.05) is 0 Å². The quantitative estimate of drug-likeness (QED) is 0.422. The number of nitrogens with two attached hydrogens (primary N) is 1. The second kappa shape index (κ2) is 6.89. The Balaban J connectivity index is 5.22. The van der Waals surface area contributed by atoms with E-state index in [-0.39, 0.29) is 6.61 Å². The number of aliphatic imine (C=N–C) groups is 1. The van der Waals surface area contributed by atoms with Crippen LogP contribution in [0.3, 0.4) is 0 Å². The van der Waals surface area contributed by atoms with E-state index in [2.05, 4.69) is 9.73 Å². The van der Waals surface area contributed by atoms with Crippen LogP contribution in [0.1, 0.15) is 6.92 Å². The van der Waals surface area contributed by atoms with Gasteiger partial charge in [-0.05, 0) is 6.92 Å². The Hall–Kier alpha value is -1.57. The van der Waals surface area contributed by atoms with Crippen molar-refractivity contribution in [1.82, 2.24) is 0 Å². The number of carbonyl (C=O) groups is 1. The molecule has 5 nitrogen and oxygen atoms in total. The molecule has 0 spiro atoms. The zero-order chi connectivity index (χ0) is 13.5. The molecule has 98 valence electrons. The lowest BCUT2D eigenvalue weighted by Crippen LogP contribution is -2.31. The van der Waals surface area contributed by atoms with Crippen molar-refractivity contribution < 1.29 is 27.8 Å². The second-order valence-electron chi connectivity index (χ2n) is 2.75. The molecule has 3 N–H and O–H groups in total. The third-order valence-electron chi connectivity index (χ3n) is 1.56. The maximum Gasteiger partial charge on any atom is 0.433 e. The lowest BCUT2D eigenvalue weighted by Gasteiger charge is -2.12. The van der Waals surface area contributed by atoms with Crippen LogP contribution in [0.5, 0.6) is 0 Å². The minimum absolute atomic E-state index is 0.0820. The smallest absolute Gasteiger partial charge is 0.433 e. The number of hydrogen-bond acceptors (Lipinski definition) is 5. The summed E-state index contributed by atoms with van der Waals surface area (Å²) in [6.45, 7) is 0.317. The Morgan fingerprint density at radius 3 is 2.47 bits per heavy atom. The van der Waals surface area contributed by atoms with Gasteiger partial charge in [0.15, 0.2) is 5.71 Å². The number of esters is 1. The molecule has 0 amide bonds. The molecule has 0 heterocycles. The third-order valence-corrected chi connectivity index (χ3v) is 1.56. The van der Waals surface area contributed by atoms with Crippen LogP contribution in [0.2, 0.25) is 0 Å². The van der Waals surface area contributed by atoms with Crippen molar-refractivity contribution in [3.63, 3.8) is 0 Å². The van der Waals surface area contributed by atoms with Gasteiger partial charge >= 0.3 is 12.1 Å². The number of carbonyl (C=O) groups excluding carboxylic acids is 1. The molecule has 0 aromatic carbocycles. The highest BCUT2D eigenvalue weighted by Gasteiger charge is 2.40. The Labute approximate surface area is 95.8 Å². The highest BCUT2D eigenvalue weighted by molar-refractivity contribution is 6.21. The van der Waals surface area contributed by atoms with Gasteiger partial charge < -0.3 is 15.6 Å². The van der Waals surface area contributed by atoms with Crippen LogP contribution in [0.15, 0.2) is 16.8 Å². The van der Waals surface area contributed by atoms with Crippen molar-refractivity contribution in [2.45, 2.75) is 13.1 Å². The molecule has 0 fully saturated rings. The van der Waals surface area contributed by atoms with E-state index in [1.165, 1.54) is 6.92 Å². The highest BCUT2D eigenvalue weighted by Crippen LogP contribution is 2.22. The Morgan fingerprint density at radius 1 is 1.53 bits per heavy atom. The van der Waals surface area contributed by atoms with Crippen LogP contribution in [0.4, 0.5) is 13.2 Å². The summed E-state index contributed by atoms with van der Waals surface area (Å²) in [4.78, 5) is 14.3. The number of aliphatic hydroxyl groups is 1. The summed E-state index contributed by atoms with van der Waals surface area (Å²) in [5.74, 6) is -1.20. The summed E-state index contributed by atoms with van der Waals surface area (Å²) in [5, 5.41) is 8.44. The fourth-order valence-electron chi connectivity index (χ4n) is 0.942. The number of rotatable bonds is 5. The second-order valence-corrected chi connectivity index (χ2v) is 2.75. The standard InChI is InChI=1S/C9H13F3N2O3/c1-2-17-8(16)6(5-13)7(9(10,11)12)14-3-4-15/h5,15H,2-4,13H2,1H3/b6-5+,14-7?. The van der Waals surface area contributed by atoms with Gasteiger partial charge in [-0.25, -0.2) is 4.79 Å². The summed E-state index contributed by atoms with van der Waals surface area (Å²) >= 11 is 0. The van der Waals surface area contributed by atoms with E-state index in [1.54, 1.807) is 0 Å². The maximum atomic E-state index is 12.6. The lowest BCUT2D eigenvalue weighted by atomic mass is 10.1. The SMILES string of the molecule is CCOC(=O)/C(=C/N)C(=NCCO)C(F)(F)F. The zero-order valence-corrected chi connectivity index (χ0v) is 9.12. The zero-order valence-electron chi connectivity index (χ0n) is 9.12. The molecular weight excluding hydrogens is 241 g/mol. The van der Waals surface area contributed by atoms with Crippen LogP contribution in [0, 0.1) is 0 Å². The molecule has 0 bridgehead atoms. The Bertz CT molecular complexity index is 324. The van der Waals surface area contributed by atoms with E-state index in [0.29, 0.717) is 6.20 Å². The number of alkyl halides is 3. The van der Waals surface area contributed by atoms with Gasteiger partial charge in [0.25, 0.3) is 0 Å². The van der Waals surface area contributed by atoms with Crippen LogP contribution in [-0.2, 0) is 9.53 Å². The summed E-state index contributed by atoms with van der Waals surface area (Å²) in [7, 11) is 0. The molecule has 0 unspecified atom stereocenters. The highest BCUT2D eigenvalue weighted by atomic mass is 19.4. The average Bonchev–Trinajstić information content (AvgIpc) is 2.22. The fourth-order valence-corrected chi connectivity index (χ4v) is 0.942. The average molecular weight is 254 g/mol. The number of nitrogens with zero attached hydrogens (tertiary/aromatic N) is 1. The van der Waals surface area contributed by atoms with Gasteiger partial charge in [0.1, 0.15) is 5.57 Å². The molecule has 0 rings (SSSR count). The number of hydrogen-bond donors (Lipinski definition) is 2. The Morgan fingerprint density at radius 2 is 2.12 bits per heavy atom. The molecular formula is C9H13F3N2O3. The van der Waals surface area contributed by atoms with Crippen molar-refractivity contribution >= 4 is 11.7 Å². The summed E-state index contributed by atoms with van der Waals surface area (Å²) in [5.41, 5.74) is 2.65. The topological polar surface area (TPSA) is 84.9 Å². The molecule has 8 heteroatoms. The van der Waals surface area contributed by atoms with E-state index in [1.807, 2.05) is 0 Å². The molecule has 0 atom stereocenters. The molecule has 0 aliphatic heterocycles. The predicted octanol–water partition coefficient (Wildman–Crippen LogP) is 0.388. The molecule has 0 saturated heterocycles. The van der Waals surface area contributed by atoms with Gasteiger partial charge in [0, 0.05) is 6.20 Å². The van der Waals surface area contributed by atoms with Crippen molar-refractivity contribution in [3.05, 3.63) is 11.8 Å². The monoisotopic (exact) mass is 254 g/mol. The van der Waals surface area contributed by atoms with Gasteiger partial charge in [0.05, 0.1) is 19.8 Å². The molecule has 0 saturated carbocycles. The molecule has 0 aliphatic carbocycles. The maximum absolute atomic E-state index is 12.6. The van der Waals surface area contributed by atoms with E-state index in [0.717, 1.165) is 0 Å². The normalized spacial score (nSPS) is 13.7. The van der Waals surface area contributed by atoms with E-state index >= 15 is 0 Å². The van der Waals surface area contributed by atoms with Crippen molar-refractivity contribution in [2.24, 2.45) is 10.7 Å². The first-order chi connectivity index (χ1) is 7.88. The molecule has 0 aromatic rings. The fraction of sp³-hybridized carbons (Fsp3) is 0.556. The van der Waals surface area contributed by atoms with E-state index in [4.69, 9.17) is 10.8 Å². The van der Waals surface area contributed by atoms with Crippen molar-refractivity contribution in [1.29, 1.82) is 0 Å². The first-order valence-corrected chi connectivity index (χ1v) is 4.70. The Kier molecular flexibility index (Phi) is 6.26. The lowest BCUT2D eigenvalue weighted by molar-refractivity contribution is -0.138. The molecule has 17 heavy (non-hydrogen) atoms. The van der Waals surface area contributed by atoms with Gasteiger partial charge in [-0.2, -0.15) is 13.2 Å². The molecule has 0 aromatic heterocycles. The summed E-state index contributed by atoms with van der Waals surface area (Å²) in [6, 6.07) is 0. The number of ether oxygens (including phenoxy) is 1. The van der Waals surface area contributed by atoms with Gasteiger partial charge in [-0.15, -0.1) is 0 Å². The molecule has 0 aliphatic rings. The summed E-state index contributed by atoms with van der Waals surface area (Å²) in [6.07, 6.45) is -4.35. The largest absolute Gasteiger partial charge is 0.462 e. The first-order valence-electron chi connectivity index (χ1n) is 4.70. The first kappa shape index (κ1) is 15.4. The number of aliphatic hydroxyl groups excluding tert-OH is 1. The van der Waals surface area contributed by atoms with E-state index < -0.39 is 36.6 Å². The van der Waals surface area contributed by atoms with Crippen LogP contribution in [0.25, 0.3) is 0 Å². The van der Waals surface area contributed by atoms with Crippen molar-refractivity contribution in [3.8, 4) is 0 Å². The van der Waals surface area contributed by atoms with Crippen LogP contribution < -0.4 is 5.73 Å². The minimum Gasteiger partial charge on any atom is -0.462 e. The minimum atomic E-state index is -4.84. The third kappa shape index (κ3) is 4.85. The van der Waals surface area contributed by atoms with E-state index in [9.17, 15) is 18.0 Å².